The summed E-state index contributed by atoms with van der Waals surface area (Å²) in [5, 5.41) is 0. The zero-order chi connectivity index (χ0) is 10.9. The number of imidazole rings is 1. The third-order valence-electron chi connectivity index (χ3n) is 2.50. The Morgan fingerprint density at radius 1 is 1.20 bits per heavy atom. The lowest BCUT2D eigenvalue weighted by Crippen LogP contribution is -2.10. The molecule has 2 nitrogen and oxygen atoms in total. The van der Waals surface area contributed by atoms with E-state index in [4.69, 9.17) is 0 Å². The summed E-state index contributed by atoms with van der Waals surface area (Å²) in [6.45, 7) is 6.65. The van der Waals surface area contributed by atoms with Crippen LogP contribution in [0.4, 0.5) is 0 Å². The molecule has 15 heavy (non-hydrogen) atoms. The number of benzene rings is 1. The number of H-pyrrole nitrogens is 1. The largest absolute Gasteiger partial charge is 0.345 e. The summed E-state index contributed by atoms with van der Waals surface area (Å²) >= 11 is 0. The smallest absolute Gasteiger partial charge is 0.137 e. The van der Waals surface area contributed by atoms with Crippen molar-refractivity contribution in [3.8, 4) is 11.4 Å². The van der Waals surface area contributed by atoms with E-state index in [9.17, 15) is 0 Å². The van der Waals surface area contributed by atoms with Crippen LogP contribution in [0.25, 0.3) is 11.4 Å². The second kappa shape index (κ2) is 3.54. The van der Waals surface area contributed by atoms with Gasteiger partial charge in [0, 0.05) is 18.0 Å². The highest BCUT2D eigenvalue weighted by Gasteiger charge is 2.14. The predicted octanol–water partition coefficient (Wildman–Crippen LogP) is 3.37. The van der Waals surface area contributed by atoms with Gasteiger partial charge in [0.2, 0.25) is 0 Å². The highest BCUT2D eigenvalue weighted by atomic mass is 14.9. The van der Waals surface area contributed by atoms with Crippen LogP contribution >= 0.6 is 0 Å². The number of aromatic nitrogens is 2. The Morgan fingerprint density at radius 3 is 2.60 bits per heavy atom. The molecule has 0 atom stereocenters. The van der Waals surface area contributed by atoms with Crippen molar-refractivity contribution in [2.45, 2.75) is 26.2 Å². The number of nitrogens with one attached hydrogen (secondary N) is 1. The van der Waals surface area contributed by atoms with E-state index in [1.807, 2.05) is 6.20 Å². The van der Waals surface area contributed by atoms with Gasteiger partial charge in [-0.3, -0.25) is 0 Å². The fraction of sp³-hybridized carbons (Fsp3) is 0.308. The predicted molar refractivity (Wildman–Crippen MR) is 62.7 cm³/mol. The van der Waals surface area contributed by atoms with Crippen LogP contribution in [-0.4, -0.2) is 9.97 Å². The van der Waals surface area contributed by atoms with Gasteiger partial charge < -0.3 is 4.98 Å². The summed E-state index contributed by atoms with van der Waals surface area (Å²) in [5.74, 6) is 0.932. The molecule has 0 aliphatic carbocycles. The number of nitrogens with zero attached hydrogens (tertiary/aromatic N) is 1. The molecule has 0 amide bonds. The maximum atomic E-state index is 4.25. The van der Waals surface area contributed by atoms with E-state index < -0.39 is 0 Å². The molecule has 2 rings (SSSR count). The standard InChI is InChI=1S/C13H16N2/c1-13(2,3)11-6-4-5-10(9-11)12-14-7-8-15-12/h4-9H,1-3H3,(H,14,15). The van der Waals surface area contributed by atoms with Crippen LogP contribution in [0, 0.1) is 0 Å². The van der Waals surface area contributed by atoms with Crippen molar-refractivity contribution < 1.29 is 0 Å². The first-order valence-electron chi connectivity index (χ1n) is 5.18. The second-order valence-electron chi connectivity index (χ2n) is 4.77. The molecule has 0 fully saturated rings. The lowest BCUT2D eigenvalue weighted by Gasteiger charge is -2.19. The maximum absolute atomic E-state index is 4.25. The summed E-state index contributed by atoms with van der Waals surface area (Å²) in [6, 6.07) is 8.51. The van der Waals surface area contributed by atoms with Gasteiger partial charge in [0.05, 0.1) is 0 Å². The first-order valence-corrected chi connectivity index (χ1v) is 5.18. The van der Waals surface area contributed by atoms with E-state index in [0.29, 0.717) is 0 Å². The minimum atomic E-state index is 0.183. The Morgan fingerprint density at radius 2 is 2.00 bits per heavy atom. The Labute approximate surface area is 90.4 Å². The van der Waals surface area contributed by atoms with Crippen LogP contribution in [0.2, 0.25) is 0 Å². The van der Waals surface area contributed by atoms with Crippen molar-refractivity contribution in [1.29, 1.82) is 0 Å². The molecule has 0 aliphatic rings. The monoisotopic (exact) mass is 200 g/mol. The molecule has 2 aromatic rings. The van der Waals surface area contributed by atoms with Crippen molar-refractivity contribution in [2.24, 2.45) is 0 Å². The molecular weight excluding hydrogens is 184 g/mol. The summed E-state index contributed by atoms with van der Waals surface area (Å²) in [6.07, 6.45) is 3.62. The topological polar surface area (TPSA) is 28.7 Å². The molecule has 0 unspecified atom stereocenters. The second-order valence-corrected chi connectivity index (χ2v) is 4.77. The lowest BCUT2D eigenvalue weighted by atomic mass is 9.86. The molecule has 1 heterocycles. The Bertz CT molecular complexity index is 436. The summed E-state index contributed by atoms with van der Waals surface area (Å²) in [4.78, 5) is 7.38. The minimum absolute atomic E-state index is 0.183. The van der Waals surface area contributed by atoms with Gasteiger partial charge in [0.15, 0.2) is 0 Å². The first-order chi connectivity index (χ1) is 7.07. The lowest BCUT2D eigenvalue weighted by molar-refractivity contribution is 0.590. The van der Waals surface area contributed by atoms with Crippen molar-refractivity contribution in [3.05, 3.63) is 42.2 Å². The van der Waals surface area contributed by atoms with Crippen molar-refractivity contribution >= 4 is 0 Å². The van der Waals surface area contributed by atoms with Gasteiger partial charge in [-0.2, -0.15) is 0 Å². The van der Waals surface area contributed by atoms with Crippen LogP contribution in [0.5, 0.6) is 0 Å². The molecule has 1 N–H and O–H groups in total. The van der Waals surface area contributed by atoms with E-state index in [1.165, 1.54) is 5.56 Å². The van der Waals surface area contributed by atoms with E-state index in [1.54, 1.807) is 6.20 Å². The van der Waals surface area contributed by atoms with Crippen LogP contribution in [0.15, 0.2) is 36.7 Å². The molecule has 0 saturated carbocycles. The number of hydrogen-bond acceptors (Lipinski definition) is 1. The van der Waals surface area contributed by atoms with E-state index in [2.05, 4.69) is 55.0 Å². The minimum Gasteiger partial charge on any atom is -0.345 e. The first kappa shape index (κ1) is 9.97. The van der Waals surface area contributed by atoms with Gasteiger partial charge in [-0.1, -0.05) is 39.0 Å². The average Bonchev–Trinajstić information content (AvgIpc) is 2.69. The molecule has 2 heteroatoms. The highest BCUT2D eigenvalue weighted by molar-refractivity contribution is 5.56. The van der Waals surface area contributed by atoms with Crippen molar-refractivity contribution in [1.82, 2.24) is 9.97 Å². The summed E-state index contributed by atoms with van der Waals surface area (Å²) in [7, 11) is 0. The molecule has 1 aromatic carbocycles. The fourth-order valence-corrected chi connectivity index (χ4v) is 1.56. The van der Waals surface area contributed by atoms with Crippen LogP contribution in [-0.2, 0) is 5.41 Å². The molecule has 0 radical (unpaired) electrons. The summed E-state index contributed by atoms with van der Waals surface area (Å²) in [5.41, 5.74) is 2.66. The molecule has 0 spiro atoms. The Hall–Kier alpha value is -1.57. The number of aromatic amines is 1. The molecule has 0 saturated heterocycles. The highest BCUT2D eigenvalue weighted by Crippen LogP contribution is 2.25. The van der Waals surface area contributed by atoms with Gasteiger partial charge in [-0.15, -0.1) is 0 Å². The molecule has 0 aliphatic heterocycles. The molecule has 1 aromatic heterocycles. The van der Waals surface area contributed by atoms with Gasteiger partial charge in [0.25, 0.3) is 0 Å². The van der Waals surface area contributed by atoms with Crippen LogP contribution < -0.4 is 0 Å². The zero-order valence-corrected chi connectivity index (χ0v) is 9.41. The summed E-state index contributed by atoms with van der Waals surface area (Å²) < 4.78 is 0. The third-order valence-corrected chi connectivity index (χ3v) is 2.50. The van der Waals surface area contributed by atoms with Crippen molar-refractivity contribution in [3.63, 3.8) is 0 Å². The molecular formula is C13H16N2. The van der Waals surface area contributed by atoms with E-state index >= 15 is 0 Å². The fourth-order valence-electron chi connectivity index (χ4n) is 1.56. The number of hydrogen-bond donors (Lipinski definition) is 1. The van der Waals surface area contributed by atoms with Gasteiger partial charge >= 0.3 is 0 Å². The molecule has 78 valence electrons. The maximum Gasteiger partial charge on any atom is 0.137 e. The zero-order valence-electron chi connectivity index (χ0n) is 9.41. The van der Waals surface area contributed by atoms with E-state index in [0.717, 1.165) is 11.4 Å². The van der Waals surface area contributed by atoms with Gasteiger partial charge in [-0.25, -0.2) is 4.98 Å². The van der Waals surface area contributed by atoms with Crippen LogP contribution in [0.3, 0.4) is 0 Å². The van der Waals surface area contributed by atoms with Gasteiger partial charge in [0.1, 0.15) is 5.82 Å². The van der Waals surface area contributed by atoms with Gasteiger partial charge in [-0.05, 0) is 17.0 Å². The normalized spacial score (nSPS) is 11.7. The quantitative estimate of drug-likeness (QED) is 0.751. The molecule has 0 bridgehead atoms. The SMILES string of the molecule is CC(C)(C)c1cccc(-c2ncc[nH]2)c1. The average molecular weight is 200 g/mol. The third kappa shape index (κ3) is 2.09. The van der Waals surface area contributed by atoms with Crippen LogP contribution in [0.1, 0.15) is 26.3 Å². The Kier molecular flexibility index (Phi) is 2.35. The number of rotatable bonds is 1. The van der Waals surface area contributed by atoms with E-state index in [-0.39, 0.29) is 5.41 Å². The van der Waals surface area contributed by atoms with Crippen molar-refractivity contribution in [2.75, 3.05) is 0 Å². The Balaban J connectivity index is 2.44.